The summed E-state index contributed by atoms with van der Waals surface area (Å²) >= 11 is 0. The van der Waals surface area contributed by atoms with Crippen molar-refractivity contribution in [1.82, 2.24) is 9.88 Å². The van der Waals surface area contributed by atoms with Gasteiger partial charge in [-0.1, -0.05) is 42.5 Å². The average molecular weight is 330 g/mol. The molecular formula is C21H18N2O2. The highest BCUT2D eigenvalue weighted by molar-refractivity contribution is 6.08. The molecule has 0 saturated heterocycles. The molecule has 0 fully saturated rings. The van der Waals surface area contributed by atoms with Crippen LogP contribution in [0, 0.1) is 6.92 Å². The molecular weight excluding hydrogens is 312 g/mol. The van der Waals surface area contributed by atoms with E-state index in [4.69, 9.17) is 4.42 Å². The number of amides is 1. The highest BCUT2D eigenvalue weighted by Gasteiger charge is 2.22. The van der Waals surface area contributed by atoms with Gasteiger partial charge in [0.1, 0.15) is 5.58 Å². The van der Waals surface area contributed by atoms with Crippen molar-refractivity contribution in [2.24, 2.45) is 0 Å². The monoisotopic (exact) mass is 330 g/mol. The number of carbonyl (C=O) groups excluding carboxylic acids is 1. The summed E-state index contributed by atoms with van der Waals surface area (Å²) in [4.78, 5) is 18.6. The molecule has 0 radical (unpaired) electrons. The molecule has 2 heterocycles. The molecule has 4 nitrogen and oxygen atoms in total. The maximum atomic E-state index is 12.9. The second-order valence-corrected chi connectivity index (χ2v) is 6.24. The van der Waals surface area contributed by atoms with Crippen LogP contribution in [0.15, 0.2) is 65.3 Å². The smallest absolute Gasteiger partial charge is 0.289 e. The Morgan fingerprint density at radius 1 is 1.08 bits per heavy atom. The molecule has 4 aromatic rings. The third-order valence-electron chi connectivity index (χ3n) is 4.51. The zero-order valence-electron chi connectivity index (χ0n) is 14.2. The third-order valence-corrected chi connectivity index (χ3v) is 4.51. The van der Waals surface area contributed by atoms with Crippen LogP contribution in [-0.4, -0.2) is 22.8 Å². The van der Waals surface area contributed by atoms with Gasteiger partial charge in [0.2, 0.25) is 0 Å². The van der Waals surface area contributed by atoms with Gasteiger partial charge in [-0.3, -0.25) is 9.78 Å². The lowest BCUT2D eigenvalue weighted by Crippen LogP contribution is -2.26. The second kappa shape index (κ2) is 6.06. The maximum Gasteiger partial charge on any atom is 0.289 e. The number of fused-ring (bicyclic) bond motifs is 3. The number of aromatic nitrogens is 1. The number of aryl methyl sites for hydroxylation is 1. The van der Waals surface area contributed by atoms with Crippen LogP contribution in [0.3, 0.4) is 0 Å². The lowest BCUT2D eigenvalue weighted by Gasteiger charge is -2.15. The minimum atomic E-state index is -0.123. The molecule has 0 aliphatic rings. The summed E-state index contributed by atoms with van der Waals surface area (Å²) in [5.41, 5.74) is 2.63. The molecule has 1 amide bonds. The van der Waals surface area contributed by atoms with Gasteiger partial charge in [0, 0.05) is 42.3 Å². The molecule has 0 atom stereocenters. The molecule has 0 N–H and O–H groups in total. The Hall–Kier alpha value is -3.14. The van der Waals surface area contributed by atoms with Crippen molar-refractivity contribution in [3.05, 3.63) is 77.8 Å². The van der Waals surface area contributed by atoms with Gasteiger partial charge in [-0.25, -0.2) is 0 Å². The van der Waals surface area contributed by atoms with Gasteiger partial charge in [0.25, 0.3) is 5.91 Å². The van der Waals surface area contributed by atoms with E-state index in [1.54, 1.807) is 24.3 Å². The molecule has 0 aliphatic carbocycles. The van der Waals surface area contributed by atoms with Gasteiger partial charge in [0.15, 0.2) is 5.76 Å². The molecule has 0 bridgehead atoms. The summed E-state index contributed by atoms with van der Waals surface area (Å²) < 4.78 is 6.03. The summed E-state index contributed by atoms with van der Waals surface area (Å²) in [6.07, 6.45) is 3.49. The zero-order chi connectivity index (χ0) is 17.4. The Bertz CT molecular complexity index is 1070. The third kappa shape index (κ3) is 2.66. The molecule has 2 aromatic carbocycles. The minimum absolute atomic E-state index is 0.123. The first kappa shape index (κ1) is 15.4. The fourth-order valence-electron chi connectivity index (χ4n) is 3.16. The van der Waals surface area contributed by atoms with Gasteiger partial charge in [-0.05, 0) is 23.9 Å². The Balaban J connectivity index is 1.74. The highest BCUT2D eigenvalue weighted by Crippen LogP contribution is 2.32. The van der Waals surface area contributed by atoms with Crippen molar-refractivity contribution in [1.29, 1.82) is 0 Å². The lowest BCUT2D eigenvalue weighted by atomic mass is 10.1. The van der Waals surface area contributed by atoms with Crippen molar-refractivity contribution in [3.63, 3.8) is 0 Å². The molecule has 0 spiro atoms. The number of pyridine rings is 1. The van der Waals surface area contributed by atoms with Gasteiger partial charge >= 0.3 is 0 Å². The van der Waals surface area contributed by atoms with Gasteiger partial charge in [-0.2, -0.15) is 0 Å². The first-order valence-electron chi connectivity index (χ1n) is 8.20. The van der Waals surface area contributed by atoms with Crippen LogP contribution < -0.4 is 0 Å². The van der Waals surface area contributed by atoms with Gasteiger partial charge in [-0.15, -0.1) is 0 Å². The summed E-state index contributed by atoms with van der Waals surface area (Å²) in [5.74, 6) is 0.277. The normalized spacial score (nSPS) is 11.1. The van der Waals surface area contributed by atoms with E-state index in [0.717, 1.165) is 32.9 Å². The van der Waals surface area contributed by atoms with Crippen molar-refractivity contribution in [3.8, 4) is 0 Å². The van der Waals surface area contributed by atoms with Crippen LogP contribution in [0.1, 0.15) is 21.7 Å². The number of carbonyl (C=O) groups is 1. The quantitative estimate of drug-likeness (QED) is 0.553. The van der Waals surface area contributed by atoms with Crippen molar-refractivity contribution in [2.75, 3.05) is 7.05 Å². The molecule has 124 valence electrons. The van der Waals surface area contributed by atoms with E-state index in [9.17, 15) is 4.79 Å². The molecule has 0 saturated carbocycles. The van der Waals surface area contributed by atoms with Crippen LogP contribution in [0.2, 0.25) is 0 Å². The molecule has 4 rings (SSSR count). The van der Waals surface area contributed by atoms with E-state index in [0.29, 0.717) is 12.3 Å². The first-order chi connectivity index (χ1) is 12.1. The first-order valence-corrected chi connectivity index (χ1v) is 8.20. The maximum absolute atomic E-state index is 12.9. The number of hydrogen-bond donors (Lipinski definition) is 0. The molecule has 0 aliphatic heterocycles. The van der Waals surface area contributed by atoms with Crippen molar-refractivity contribution in [2.45, 2.75) is 13.5 Å². The van der Waals surface area contributed by atoms with Crippen LogP contribution in [0.4, 0.5) is 0 Å². The zero-order valence-corrected chi connectivity index (χ0v) is 14.2. The lowest BCUT2D eigenvalue weighted by molar-refractivity contribution is 0.0755. The van der Waals surface area contributed by atoms with E-state index < -0.39 is 0 Å². The van der Waals surface area contributed by atoms with Crippen LogP contribution >= 0.6 is 0 Å². The Labute approximate surface area is 145 Å². The van der Waals surface area contributed by atoms with Gasteiger partial charge in [0.05, 0.1) is 0 Å². The topological polar surface area (TPSA) is 46.3 Å². The predicted molar refractivity (Wildman–Crippen MR) is 98.5 cm³/mol. The van der Waals surface area contributed by atoms with Crippen molar-refractivity contribution < 1.29 is 9.21 Å². The SMILES string of the molecule is Cc1c(C(=O)N(C)Cc2cccnc2)oc2c1ccc1ccccc12. The highest BCUT2D eigenvalue weighted by atomic mass is 16.3. The Morgan fingerprint density at radius 3 is 2.72 bits per heavy atom. The van der Waals surface area contributed by atoms with Crippen LogP contribution in [-0.2, 0) is 6.54 Å². The summed E-state index contributed by atoms with van der Waals surface area (Å²) in [5, 5.41) is 3.11. The number of furan rings is 1. The largest absolute Gasteiger partial charge is 0.450 e. The Morgan fingerprint density at radius 2 is 1.92 bits per heavy atom. The van der Waals surface area contributed by atoms with E-state index in [-0.39, 0.29) is 5.91 Å². The summed E-state index contributed by atoms with van der Waals surface area (Å²) in [6.45, 7) is 2.43. The van der Waals surface area contributed by atoms with E-state index in [1.165, 1.54) is 0 Å². The van der Waals surface area contributed by atoms with E-state index >= 15 is 0 Å². The average Bonchev–Trinajstić information content (AvgIpc) is 2.99. The fraction of sp³-hybridized carbons (Fsp3) is 0.143. The van der Waals surface area contributed by atoms with Gasteiger partial charge < -0.3 is 9.32 Å². The molecule has 2 aromatic heterocycles. The number of benzene rings is 2. The van der Waals surface area contributed by atoms with Crippen molar-refractivity contribution >= 4 is 27.6 Å². The van der Waals surface area contributed by atoms with Crippen LogP contribution in [0.5, 0.6) is 0 Å². The summed E-state index contributed by atoms with van der Waals surface area (Å²) in [6, 6.07) is 16.0. The number of nitrogens with zero attached hydrogens (tertiary/aromatic N) is 2. The van der Waals surface area contributed by atoms with E-state index in [2.05, 4.69) is 11.1 Å². The molecule has 25 heavy (non-hydrogen) atoms. The Kier molecular flexibility index (Phi) is 3.73. The molecule has 0 unspecified atom stereocenters. The fourth-order valence-corrected chi connectivity index (χ4v) is 3.16. The predicted octanol–water partition coefficient (Wildman–Crippen LogP) is 4.56. The second-order valence-electron chi connectivity index (χ2n) is 6.24. The summed E-state index contributed by atoms with van der Waals surface area (Å²) in [7, 11) is 1.78. The van der Waals surface area contributed by atoms with Crippen LogP contribution in [0.25, 0.3) is 21.7 Å². The number of hydrogen-bond acceptors (Lipinski definition) is 3. The number of rotatable bonds is 3. The molecule has 4 heteroatoms. The standard InChI is InChI=1S/C21H18N2O2/c1-14-17-10-9-16-7-3-4-8-18(16)20(17)25-19(14)21(24)23(2)13-15-6-5-11-22-12-15/h3-12H,13H2,1-2H3. The minimum Gasteiger partial charge on any atom is -0.450 e. The van der Waals surface area contributed by atoms with E-state index in [1.807, 2.05) is 49.4 Å².